The number of carbonyl (C=O) groups excluding carboxylic acids is 1. The Balaban J connectivity index is 0.00000324. The van der Waals surface area contributed by atoms with Crippen LogP contribution in [0.2, 0.25) is 0 Å². The molecule has 19 heavy (non-hydrogen) atoms. The smallest absolute Gasteiger partial charge is 0.251 e. The summed E-state index contributed by atoms with van der Waals surface area (Å²) in [4.78, 5) is 12.1. The summed E-state index contributed by atoms with van der Waals surface area (Å²) < 4.78 is 13.4. The molecule has 6 heteroatoms. The predicted molar refractivity (Wildman–Crippen MR) is 81.2 cm³/mol. The number of nitrogens with two attached hydrogens (primary N) is 1. The topological polar surface area (TPSA) is 55.1 Å². The molecule has 0 aliphatic heterocycles. The first-order valence-corrected chi connectivity index (χ1v) is 6.75. The van der Waals surface area contributed by atoms with E-state index in [4.69, 9.17) is 5.73 Å². The monoisotopic (exact) mass is 352 g/mol. The van der Waals surface area contributed by atoms with Crippen molar-refractivity contribution in [3.63, 3.8) is 0 Å². The Bertz CT molecular complexity index is 430. The van der Waals surface area contributed by atoms with Crippen LogP contribution in [0, 0.1) is 5.82 Å². The lowest BCUT2D eigenvalue weighted by Gasteiger charge is -2.31. The maximum absolute atomic E-state index is 13.1. The van der Waals surface area contributed by atoms with Crippen LogP contribution in [0.1, 0.15) is 37.0 Å². The van der Waals surface area contributed by atoms with Crippen LogP contribution in [0.3, 0.4) is 0 Å². The molecule has 0 spiro atoms. The van der Waals surface area contributed by atoms with Gasteiger partial charge >= 0.3 is 0 Å². The number of benzene rings is 1. The molecule has 3 nitrogen and oxygen atoms in total. The van der Waals surface area contributed by atoms with Crippen LogP contribution in [0.4, 0.5) is 4.39 Å². The summed E-state index contributed by atoms with van der Waals surface area (Å²) in [5, 5.41) is 2.94. The molecule has 0 saturated carbocycles. The van der Waals surface area contributed by atoms with E-state index in [0.717, 1.165) is 12.8 Å². The molecule has 108 valence electrons. The minimum atomic E-state index is -0.391. The summed E-state index contributed by atoms with van der Waals surface area (Å²) in [7, 11) is 0. The SMILES string of the molecule is CCC(CC)(CN)NC(=O)c1ccc(F)c(Br)c1.Cl. The van der Waals surface area contributed by atoms with Crippen molar-refractivity contribution < 1.29 is 9.18 Å². The number of nitrogens with one attached hydrogen (secondary N) is 1. The van der Waals surface area contributed by atoms with E-state index in [1.54, 1.807) is 0 Å². The minimum Gasteiger partial charge on any atom is -0.345 e. The molecule has 0 atom stereocenters. The fraction of sp³-hybridized carbons (Fsp3) is 0.462. The molecule has 0 bridgehead atoms. The Kier molecular flexibility index (Phi) is 7.55. The molecule has 1 amide bonds. The zero-order valence-corrected chi connectivity index (χ0v) is 13.4. The molecule has 0 aliphatic rings. The summed E-state index contributed by atoms with van der Waals surface area (Å²) >= 11 is 3.07. The first-order chi connectivity index (χ1) is 8.48. The van der Waals surface area contributed by atoms with Crippen molar-refractivity contribution in [3.8, 4) is 0 Å². The number of hydrogen-bond donors (Lipinski definition) is 2. The van der Waals surface area contributed by atoms with E-state index >= 15 is 0 Å². The molecule has 1 aromatic carbocycles. The Hall–Kier alpha value is -0.650. The van der Waals surface area contributed by atoms with E-state index in [1.807, 2.05) is 13.8 Å². The summed E-state index contributed by atoms with van der Waals surface area (Å²) in [5.41, 5.74) is 5.75. The highest BCUT2D eigenvalue weighted by molar-refractivity contribution is 9.10. The molecule has 0 radical (unpaired) electrons. The molecular formula is C13H19BrClFN2O. The first kappa shape index (κ1) is 18.4. The number of carbonyl (C=O) groups is 1. The fourth-order valence-corrected chi connectivity index (χ4v) is 2.10. The van der Waals surface area contributed by atoms with E-state index in [-0.39, 0.29) is 28.6 Å². The lowest BCUT2D eigenvalue weighted by molar-refractivity contribution is 0.0895. The van der Waals surface area contributed by atoms with Gasteiger partial charge in [0.2, 0.25) is 0 Å². The normalized spacial score (nSPS) is 10.8. The van der Waals surface area contributed by atoms with Gasteiger partial charge in [0, 0.05) is 12.1 Å². The van der Waals surface area contributed by atoms with Gasteiger partial charge in [0.25, 0.3) is 5.91 Å². The number of rotatable bonds is 5. The molecule has 0 fully saturated rings. The Morgan fingerprint density at radius 2 is 2.00 bits per heavy atom. The van der Waals surface area contributed by atoms with Crippen LogP contribution in [0.15, 0.2) is 22.7 Å². The average molecular weight is 354 g/mol. The highest BCUT2D eigenvalue weighted by Gasteiger charge is 2.26. The first-order valence-electron chi connectivity index (χ1n) is 5.95. The quantitative estimate of drug-likeness (QED) is 0.853. The highest BCUT2D eigenvalue weighted by Crippen LogP contribution is 2.19. The van der Waals surface area contributed by atoms with Crippen LogP contribution in [0.25, 0.3) is 0 Å². The van der Waals surface area contributed by atoms with Gasteiger partial charge in [-0.05, 0) is 47.0 Å². The van der Waals surface area contributed by atoms with Crippen LogP contribution < -0.4 is 11.1 Å². The molecule has 1 aromatic rings. The van der Waals surface area contributed by atoms with Crippen molar-refractivity contribution >= 4 is 34.2 Å². The van der Waals surface area contributed by atoms with Crippen molar-refractivity contribution in [2.45, 2.75) is 32.2 Å². The summed E-state index contributed by atoms with van der Waals surface area (Å²) in [6.07, 6.45) is 1.52. The average Bonchev–Trinajstić information content (AvgIpc) is 2.39. The van der Waals surface area contributed by atoms with Crippen LogP contribution in [-0.2, 0) is 0 Å². The van der Waals surface area contributed by atoms with E-state index in [9.17, 15) is 9.18 Å². The summed E-state index contributed by atoms with van der Waals surface area (Å²) in [6.45, 7) is 4.35. The molecule has 0 saturated heterocycles. The second kappa shape index (κ2) is 7.82. The van der Waals surface area contributed by atoms with Crippen LogP contribution in [0.5, 0.6) is 0 Å². The Morgan fingerprint density at radius 1 is 1.42 bits per heavy atom. The highest BCUT2D eigenvalue weighted by atomic mass is 79.9. The minimum absolute atomic E-state index is 0. The molecule has 0 aromatic heterocycles. The molecule has 0 aliphatic carbocycles. The van der Waals surface area contributed by atoms with Gasteiger partial charge in [0.05, 0.1) is 10.0 Å². The second-order valence-electron chi connectivity index (χ2n) is 4.27. The van der Waals surface area contributed by atoms with Crippen LogP contribution >= 0.6 is 28.3 Å². The zero-order valence-electron chi connectivity index (χ0n) is 11.0. The van der Waals surface area contributed by atoms with Gasteiger partial charge in [-0.1, -0.05) is 13.8 Å². The third-order valence-corrected chi connectivity index (χ3v) is 3.91. The maximum atomic E-state index is 13.1. The van der Waals surface area contributed by atoms with Crippen molar-refractivity contribution in [2.75, 3.05) is 6.54 Å². The van der Waals surface area contributed by atoms with Crippen LogP contribution in [-0.4, -0.2) is 18.0 Å². The Labute approximate surface area is 127 Å². The van der Waals surface area contributed by atoms with Gasteiger partial charge < -0.3 is 11.1 Å². The van der Waals surface area contributed by atoms with E-state index in [2.05, 4.69) is 21.2 Å². The zero-order chi connectivity index (χ0) is 13.8. The number of halogens is 3. The van der Waals surface area contributed by atoms with Gasteiger partial charge in [-0.15, -0.1) is 12.4 Å². The fourth-order valence-electron chi connectivity index (χ4n) is 1.72. The summed E-state index contributed by atoms with van der Waals surface area (Å²) in [5.74, 6) is -0.618. The van der Waals surface area contributed by atoms with Gasteiger partial charge in [-0.25, -0.2) is 4.39 Å². The standard InChI is InChI=1S/C13H18BrFN2O.ClH/c1-3-13(4-2,8-16)17-12(18)9-5-6-11(15)10(14)7-9;/h5-7H,3-4,8,16H2,1-2H3,(H,17,18);1H. The number of amides is 1. The van der Waals surface area contributed by atoms with Gasteiger partial charge in [-0.3, -0.25) is 4.79 Å². The third kappa shape index (κ3) is 4.44. The molecule has 0 heterocycles. The van der Waals surface area contributed by atoms with Gasteiger partial charge in [0.1, 0.15) is 5.82 Å². The lowest BCUT2D eigenvalue weighted by atomic mass is 9.92. The summed E-state index contributed by atoms with van der Waals surface area (Å²) in [6, 6.07) is 4.19. The predicted octanol–water partition coefficient (Wildman–Crippen LogP) is 3.26. The maximum Gasteiger partial charge on any atom is 0.251 e. The molecule has 0 unspecified atom stereocenters. The lowest BCUT2D eigenvalue weighted by Crippen LogP contribution is -2.52. The largest absolute Gasteiger partial charge is 0.345 e. The van der Waals surface area contributed by atoms with E-state index in [0.29, 0.717) is 12.1 Å². The second-order valence-corrected chi connectivity index (χ2v) is 5.13. The van der Waals surface area contributed by atoms with E-state index < -0.39 is 5.54 Å². The van der Waals surface area contributed by atoms with Gasteiger partial charge in [0.15, 0.2) is 0 Å². The number of hydrogen-bond acceptors (Lipinski definition) is 2. The Morgan fingerprint density at radius 3 is 2.42 bits per heavy atom. The molecule has 1 rings (SSSR count). The molecule has 3 N–H and O–H groups in total. The third-order valence-electron chi connectivity index (χ3n) is 3.30. The van der Waals surface area contributed by atoms with Crippen molar-refractivity contribution in [2.24, 2.45) is 5.73 Å². The van der Waals surface area contributed by atoms with Gasteiger partial charge in [-0.2, -0.15) is 0 Å². The van der Waals surface area contributed by atoms with Crippen molar-refractivity contribution in [1.82, 2.24) is 5.32 Å². The van der Waals surface area contributed by atoms with E-state index in [1.165, 1.54) is 18.2 Å². The molecular weight excluding hydrogens is 335 g/mol. The van der Waals surface area contributed by atoms with Crippen molar-refractivity contribution in [3.05, 3.63) is 34.1 Å². The van der Waals surface area contributed by atoms with Crippen molar-refractivity contribution in [1.29, 1.82) is 0 Å².